The highest BCUT2D eigenvalue weighted by Crippen LogP contribution is 2.32. The number of hydrogen-bond acceptors (Lipinski definition) is 4. The van der Waals surface area contributed by atoms with E-state index in [0.29, 0.717) is 27.6 Å². The molecule has 128 valence electrons. The molecule has 25 heavy (non-hydrogen) atoms. The summed E-state index contributed by atoms with van der Waals surface area (Å²) in [7, 11) is 0. The van der Waals surface area contributed by atoms with Crippen LogP contribution in [0.5, 0.6) is 5.75 Å². The Balaban J connectivity index is 1.95. The molecule has 5 nitrogen and oxygen atoms in total. The van der Waals surface area contributed by atoms with Gasteiger partial charge in [-0.05, 0) is 37.3 Å². The van der Waals surface area contributed by atoms with E-state index in [4.69, 9.17) is 44.8 Å². The molecule has 0 aliphatic heterocycles. The van der Waals surface area contributed by atoms with Gasteiger partial charge in [0, 0.05) is 5.56 Å². The summed E-state index contributed by atoms with van der Waals surface area (Å²) in [5.74, 6) is 0.0299. The van der Waals surface area contributed by atoms with Gasteiger partial charge in [0.25, 0.3) is 5.91 Å². The Morgan fingerprint density at radius 3 is 2.48 bits per heavy atom. The standard InChI is InChI=1S/C17H12Cl3N3O2/c1-10(13-6-7-14(18)17(20)16(13)19)22-23-15(24)9-25-12-4-2-11(8-21)3-5-12/h2-7H,9H2,1H3,(H,23,24)/b22-10-. The van der Waals surface area contributed by atoms with E-state index in [1.54, 1.807) is 43.3 Å². The fraction of sp³-hybridized carbons (Fsp3) is 0.118. The van der Waals surface area contributed by atoms with E-state index in [9.17, 15) is 4.79 Å². The highest BCUT2D eigenvalue weighted by Gasteiger charge is 2.11. The second-order valence-corrected chi connectivity index (χ2v) is 6.04. The molecule has 0 heterocycles. The van der Waals surface area contributed by atoms with E-state index >= 15 is 0 Å². The lowest BCUT2D eigenvalue weighted by Crippen LogP contribution is -2.25. The van der Waals surface area contributed by atoms with Crippen LogP contribution in [-0.2, 0) is 4.79 Å². The molecule has 0 fully saturated rings. The first-order valence-electron chi connectivity index (χ1n) is 7.02. The van der Waals surface area contributed by atoms with Gasteiger partial charge in [-0.3, -0.25) is 4.79 Å². The van der Waals surface area contributed by atoms with E-state index in [0.717, 1.165) is 0 Å². The predicted molar refractivity (Wildman–Crippen MR) is 98.5 cm³/mol. The topological polar surface area (TPSA) is 74.5 Å². The van der Waals surface area contributed by atoms with Gasteiger partial charge >= 0.3 is 0 Å². The van der Waals surface area contributed by atoms with Gasteiger partial charge < -0.3 is 4.74 Å². The van der Waals surface area contributed by atoms with Crippen LogP contribution in [0, 0.1) is 11.3 Å². The van der Waals surface area contributed by atoms with Gasteiger partial charge in [0.2, 0.25) is 0 Å². The summed E-state index contributed by atoms with van der Waals surface area (Å²) in [6.07, 6.45) is 0. The molecular formula is C17H12Cl3N3O2. The number of carbonyl (C=O) groups excluding carboxylic acids is 1. The first kappa shape index (κ1) is 19.1. The highest BCUT2D eigenvalue weighted by molar-refractivity contribution is 6.49. The van der Waals surface area contributed by atoms with Crippen LogP contribution in [0.2, 0.25) is 15.1 Å². The number of halogens is 3. The minimum Gasteiger partial charge on any atom is -0.484 e. The van der Waals surface area contributed by atoms with Crippen molar-refractivity contribution in [2.45, 2.75) is 6.92 Å². The SMILES string of the molecule is C/C(=N/NC(=O)COc1ccc(C#N)cc1)c1ccc(Cl)c(Cl)c1Cl. The van der Waals surface area contributed by atoms with Crippen LogP contribution in [0.1, 0.15) is 18.1 Å². The van der Waals surface area contributed by atoms with Crippen LogP contribution >= 0.6 is 34.8 Å². The maximum Gasteiger partial charge on any atom is 0.277 e. The molecule has 0 atom stereocenters. The monoisotopic (exact) mass is 395 g/mol. The average molecular weight is 397 g/mol. The maximum atomic E-state index is 11.8. The van der Waals surface area contributed by atoms with Crippen molar-refractivity contribution >= 4 is 46.4 Å². The van der Waals surface area contributed by atoms with Crippen LogP contribution in [0.3, 0.4) is 0 Å². The second kappa shape index (κ2) is 8.72. The summed E-state index contributed by atoms with van der Waals surface area (Å²) in [6.45, 7) is 1.45. The van der Waals surface area contributed by atoms with E-state index in [1.807, 2.05) is 6.07 Å². The molecule has 0 saturated heterocycles. The smallest absolute Gasteiger partial charge is 0.277 e. The number of nitrogens with one attached hydrogen (secondary N) is 1. The van der Waals surface area contributed by atoms with Crippen LogP contribution in [0.4, 0.5) is 0 Å². The molecule has 2 aromatic carbocycles. The van der Waals surface area contributed by atoms with Crippen molar-refractivity contribution in [3.8, 4) is 11.8 Å². The molecule has 1 N–H and O–H groups in total. The molecule has 0 aromatic heterocycles. The van der Waals surface area contributed by atoms with Crippen LogP contribution in [0.25, 0.3) is 0 Å². The van der Waals surface area contributed by atoms with Gasteiger partial charge in [0.1, 0.15) is 5.75 Å². The first-order valence-corrected chi connectivity index (χ1v) is 8.15. The van der Waals surface area contributed by atoms with E-state index in [-0.39, 0.29) is 16.7 Å². The Kier molecular flexibility index (Phi) is 6.65. The van der Waals surface area contributed by atoms with Gasteiger partial charge in [-0.2, -0.15) is 10.4 Å². The Labute approximate surface area is 159 Å². The van der Waals surface area contributed by atoms with Crippen molar-refractivity contribution in [1.82, 2.24) is 5.43 Å². The molecule has 8 heteroatoms. The first-order chi connectivity index (χ1) is 11.9. The molecule has 1 amide bonds. The van der Waals surface area contributed by atoms with Crippen molar-refractivity contribution < 1.29 is 9.53 Å². The third-order valence-electron chi connectivity index (χ3n) is 3.13. The molecule has 0 radical (unpaired) electrons. The number of benzene rings is 2. The third kappa shape index (κ3) is 5.10. The molecule has 0 aliphatic rings. The molecule has 0 saturated carbocycles. The van der Waals surface area contributed by atoms with Gasteiger partial charge in [-0.25, -0.2) is 5.43 Å². The Morgan fingerprint density at radius 1 is 1.16 bits per heavy atom. The van der Waals surface area contributed by atoms with E-state index in [2.05, 4.69) is 10.5 Å². The highest BCUT2D eigenvalue weighted by atomic mass is 35.5. The lowest BCUT2D eigenvalue weighted by molar-refractivity contribution is -0.123. The maximum absolute atomic E-state index is 11.8. The normalized spacial score (nSPS) is 10.9. The minimum atomic E-state index is -0.445. The summed E-state index contributed by atoms with van der Waals surface area (Å²) >= 11 is 18.0. The largest absolute Gasteiger partial charge is 0.484 e. The lowest BCUT2D eigenvalue weighted by atomic mass is 10.1. The van der Waals surface area contributed by atoms with Crippen LogP contribution in [-0.4, -0.2) is 18.2 Å². The van der Waals surface area contributed by atoms with Crippen molar-refractivity contribution in [1.29, 1.82) is 5.26 Å². The fourth-order valence-corrected chi connectivity index (χ4v) is 2.49. The molecule has 2 aromatic rings. The zero-order valence-corrected chi connectivity index (χ0v) is 15.3. The zero-order valence-electron chi connectivity index (χ0n) is 13.0. The lowest BCUT2D eigenvalue weighted by Gasteiger charge is -2.08. The Hall–Kier alpha value is -2.26. The molecule has 0 aliphatic carbocycles. The molecule has 0 bridgehead atoms. The zero-order chi connectivity index (χ0) is 18.4. The van der Waals surface area contributed by atoms with Gasteiger partial charge in [-0.1, -0.05) is 40.9 Å². The van der Waals surface area contributed by atoms with Crippen molar-refractivity contribution in [3.05, 3.63) is 62.6 Å². The van der Waals surface area contributed by atoms with Gasteiger partial charge in [0.15, 0.2) is 6.61 Å². The van der Waals surface area contributed by atoms with E-state index in [1.165, 1.54) is 0 Å². The summed E-state index contributed by atoms with van der Waals surface area (Å²) in [5.41, 5.74) is 3.91. The summed E-state index contributed by atoms with van der Waals surface area (Å²) in [5, 5.41) is 13.5. The number of nitriles is 1. The number of amides is 1. The van der Waals surface area contributed by atoms with Crippen molar-refractivity contribution in [3.63, 3.8) is 0 Å². The van der Waals surface area contributed by atoms with Crippen molar-refractivity contribution in [2.75, 3.05) is 6.61 Å². The quantitative estimate of drug-likeness (QED) is 0.461. The number of hydrazone groups is 1. The van der Waals surface area contributed by atoms with Crippen molar-refractivity contribution in [2.24, 2.45) is 5.10 Å². The number of ether oxygens (including phenoxy) is 1. The Bertz CT molecular complexity index is 859. The van der Waals surface area contributed by atoms with Crippen LogP contribution in [0.15, 0.2) is 41.5 Å². The number of rotatable bonds is 5. The van der Waals surface area contributed by atoms with Gasteiger partial charge in [-0.15, -0.1) is 0 Å². The minimum absolute atomic E-state index is 0.224. The van der Waals surface area contributed by atoms with E-state index < -0.39 is 5.91 Å². The molecule has 0 unspecified atom stereocenters. The second-order valence-electron chi connectivity index (χ2n) is 4.88. The number of hydrogen-bond donors (Lipinski definition) is 1. The third-order valence-corrected chi connectivity index (χ3v) is 4.42. The number of carbonyl (C=O) groups is 1. The summed E-state index contributed by atoms with van der Waals surface area (Å²) in [6, 6.07) is 11.7. The Morgan fingerprint density at radius 2 is 1.84 bits per heavy atom. The summed E-state index contributed by atoms with van der Waals surface area (Å²) in [4.78, 5) is 11.8. The molecular weight excluding hydrogens is 385 g/mol. The predicted octanol–water partition coefficient (Wildman–Crippen LogP) is 4.44. The van der Waals surface area contributed by atoms with Crippen LogP contribution < -0.4 is 10.2 Å². The number of nitrogens with zero attached hydrogens (tertiary/aromatic N) is 2. The molecule has 2 rings (SSSR count). The average Bonchev–Trinajstić information content (AvgIpc) is 2.63. The fourth-order valence-electron chi connectivity index (χ4n) is 1.82. The molecule has 0 spiro atoms. The summed E-state index contributed by atoms with van der Waals surface area (Å²) < 4.78 is 5.31. The van der Waals surface area contributed by atoms with Gasteiger partial charge in [0.05, 0.1) is 32.4 Å².